The van der Waals surface area contributed by atoms with Gasteiger partial charge in [-0.15, -0.1) is 0 Å². The van der Waals surface area contributed by atoms with E-state index in [9.17, 15) is 19.8 Å². The molecule has 4 nitrogen and oxygen atoms in total. The van der Waals surface area contributed by atoms with E-state index in [1.165, 1.54) is 13.8 Å². The number of allylic oxidation sites excluding steroid dienone is 2. The molecule has 0 aliphatic heterocycles. The lowest BCUT2D eigenvalue weighted by Crippen LogP contribution is -2.68. The number of ketones is 2. The van der Waals surface area contributed by atoms with E-state index in [2.05, 4.69) is 13.8 Å². The number of rotatable bonds is 2. The van der Waals surface area contributed by atoms with Crippen molar-refractivity contribution < 1.29 is 19.8 Å². The molecule has 6 unspecified atom stereocenters. The van der Waals surface area contributed by atoms with E-state index < -0.39 is 29.0 Å². The van der Waals surface area contributed by atoms with Crippen molar-refractivity contribution in [2.45, 2.75) is 52.7 Å². The quantitative estimate of drug-likeness (QED) is 0.761. The molecule has 4 heteroatoms. The smallest absolute Gasteiger partial charge is 0.187 e. The fourth-order valence-corrected chi connectivity index (χ4v) is 5.12. The molecule has 0 aromatic rings. The van der Waals surface area contributed by atoms with Crippen molar-refractivity contribution in [1.29, 1.82) is 0 Å². The Morgan fingerprint density at radius 3 is 2.00 bits per heavy atom. The Bertz CT molecular complexity index is 663. The summed E-state index contributed by atoms with van der Waals surface area (Å²) in [5.41, 5.74) is -1.13. The van der Waals surface area contributed by atoms with Crippen LogP contribution in [0.1, 0.15) is 41.5 Å². The molecular weight excluding hydrogens is 304 g/mol. The fourth-order valence-electron chi connectivity index (χ4n) is 5.12. The fraction of sp³-hybridized carbons (Fsp3) is 0.700. The molecule has 4 aliphatic carbocycles. The van der Waals surface area contributed by atoms with Crippen LogP contribution < -0.4 is 0 Å². The number of aliphatic hydroxyl groups is 2. The summed E-state index contributed by atoms with van der Waals surface area (Å²) < 4.78 is 0. The van der Waals surface area contributed by atoms with Gasteiger partial charge in [0.15, 0.2) is 11.6 Å². The van der Waals surface area contributed by atoms with Gasteiger partial charge in [-0.1, -0.05) is 44.9 Å². The molecule has 4 aliphatic rings. The molecule has 132 valence electrons. The molecule has 1 saturated carbocycles. The van der Waals surface area contributed by atoms with Crippen molar-refractivity contribution in [1.82, 2.24) is 0 Å². The summed E-state index contributed by atoms with van der Waals surface area (Å²) in [4.78, 5) is 25.6. The normalized spacial score (nSPS) is 44.8. The van der Waals surface area contributed by atoms with E-state index in [-0.39, 0.29) is 29.3 Å². The van der Waals surface area contributed by atoms with Crippen LogP contribution in [0, 0.1) is 35.5 Å². The van der Waals surface area contributed by atoms with Crippen LogP contribution in [0.5, 0.6) is 0 Å². The number of hydrogen-bond acceptors (Lipinski definition) is 4. The minimum Gasteiger partial charge on any atom is -0.382 e. The third-order valence-corrected chi connectivity index (χ3v) is 6.46. The zero-order chi connectivity index (χ0) is 18.2. The topological polar surface area (TPSA) is 74.6 Å². The molecule has 2 bridgehead atoms. The SMILES string of the molecule is CC(C)C1=CC2C3C(C(C(C)C)=CC(=O)C3(C)O)C1C(=O)C2(C)O. The molecular formula is C20H28O4. The van der Waals surface area contributed by atoms with Crippen LogP contribution in [0.25, 0.3) is 0 Å². The molecule has 0 aromatic heterocycles. The first kappa shape index (κ1) is 17.6. The number of hydrogen-bond donors (Lipinski definition) is 2. The molecule has 0 heterocycles. The molecule has 2 N–H and O–H groups in total. The molecule has 0 saturated heterocycles. The third kappa shape index (κ3) is 2.05. The van der Waals surface area contributed by atoms with Crippen molar-refractivity contribution >= 4 is 11.6 Å². The lowest BCUT2D eigenvalue weighted by atomic mass is 9.45. The third-order valence-electron chi connectivity index (χ3n) is 6.46. The maximum Gasteiger partial charge on any atom is 0.187 e. The summed E-state index contributed by atoms with van der Waals surface area (Å²) in [5.74, 6) is -1.86. The van der Waals surface area contributed by atoms with Gasteiger partial charge in [0.25, 0.3) is 0 Å². The summed E-state index contributed by atoms with van der Waals surface area (Å²) in [6.07, 6.45) is 3.51. The van der Waals surface area contributed by atoms with Crippen LogP contribution in [0.2, 0.25) is 0 Å². The highest BCUT2D eigenvalue weighted by atomic mass is 16.3. The molecule has 0 aromatic carbocycles. The minimum absolute atomic E-state index is 0.114. The average Bonchev–Trinajstić information content (AvgIpc) is 2.46. The second-order valence-electron chi connectivity index (χ2n) is 8.70. The predicted octanol–water partition coefficient (Wildman–Crippen LogP) is 2.30. The van der Waals surface area contributed by atoms with E-state index in [1.807, 2.05) is 19.9 Å². The predicted molar refractivity (Wildman–Crippen MR) is 91.1 cm³/mol. The van der Waals surface area contributed by atoms with E-state index in [0.717, 1.165) is 11.1 Å². The highest BCUT2D eigenvalue weighted by Crippen LogP contribution is 2.59. The van der Waals surface area contributed by atoms with Crippen molar-refractivity contribution in [3.63, 3.8) is 0 Å². The number of carbonyl (C=O) groups excluding carboxylic acids is 2. The van der Waals surface area contributed by atoms with Crippen LogP contribution >= 0.6 is 0 Å². The van der Waals surface area contributed by atoms with E-state index in [0.29, 0.717) is 0 Å². The van der Waals surface area contributed by atoms with Gasteiger partial charge in [0.2, 0.25) is 0 Å². The van der Waals surface area contributed by atoms with Crippen molar-refractivity contribution in [3.8, 4) is 0 Å². The Hall–Kier alpha value is -1.26. The van der Waals surface area contributed by atoms with Gasteiger partial charge < -0.3 is 10.2 Å². The minimum atomic E-state index is -1.56. The van der Waals surface area contributed by atoms with Crippen LogP contribution in [-0.4, -0.2) is 33.0 Å². The van der Waals surface area contributed by atoms with Crippen LogP contribution in [0.3, 0.4) is 0 Å². The van der Waals surface area contributed by atoms with Gasteiger partial charge in [-0.05, 0) is 31.8 Å². The molecule has 0 amide bonds. The zero-order valence-corrected chi connectivity index (χ0v) is 15.3. The maximum atomic E-state index is 13.1. The van der Waals surface area contributed by atoms with Crippen molar-refractivity contribution in [3.05, 3.63) is 23.3 Å². The summed E-state index contributed by atoms with van der Waals surface area (Å²) >= 11 is 0. The van der Waals surface area contributed by atoms with Gasteiger partial charge in [-0.3, -0.25) is 9.59 Å². The summed E-state index contributed by atoms with van der Waals surface area (Å²) in [6, 6.07) is 0. The average molecular weight is 332 g/mol. The van der Waals surface area contributed by atoms with E-state index in [1.54, 1.807) is 6.08 Å². The number of carbonyl (C=O) groups is 2. The van der Waals surface area contributed by atoms with Gasteiger partial charge >= 0.3 is 0 Å². The van der Waals surface area contributed by atoms with Crippen LogP contribution in [0.4, 0.5) is 0 Å². The number of Topliss-reactive ketones (excluding diaryl/α,β-unsaturated/α-hetero) is 1. The lowest BCUT2D eigenvalue weighted by Gasteiger charge is -2.59. The van der Waals surface area contributed by atoms with Gasteiger partial charge in [-0.25, -0.2) is 0 Å². The second-order valence-corrected chi connectivity index (χ2v) is 8.70. The number of fused-ring (bicyclic) bond motifs is 1. The van der Waals surface area contributed by atoms with Crippen molar-refractivity contribution in [2.24, 2.45) is 35.5 Å². The summed E-state index contributed by atoms with van der Waals surface area (Å²) in [6.45, 7) is 11.2. The van der Waals surface area contributed by atoms with Crippen molar-refractivity contribution in [2.75, 3.05) is 0 Å². The molecule has 0 spiro atoms. The van der Waals surface area contributed by atoms with Gasteiger partial charge in [0, 0.05) is 23.7 Å². The largest absolute Gasteiger partial charge is 0.382 e. The second kappa shape index (κ2) is 5.12. The Kier molecular flexibility index (Phi) is 3.75. The van der Waals surface area contributed by atoms with Gasteiger partial charge in [-0.2, -0.15) is 0 Å². The highest BCUT2D eigenvalue weighted by molar-refractivity contribution is 6.01. The zero-order valence-electron chi connectivity index (χ0n) is 15.3. The van der Waals surface area contributed by atoms with Crippen LogP contribution in [0.15, 0.2) is 23.3 Å². The molecule has 24 heavy (non-hydrogen) atoms. The van der Waals surface area contributed by atoms with E-state index >= 15 is 0 Å². The summed E-state index contributed by atoms with van der Waals surface area (Å²) in [7, 11) is 0. The first-order valence-corrected chi connectivity index (χ1v) is 8.88. The lowest BCUT2D eigenvalue weighted by molar-refractivity contribution is -0.178. The summed E-state index contributed by atoms with van der Waals surface area (Å²) in [5, 5.41) is 21.8. The Balaban J connectivity index is 2.28. The highest BCUT2D eigenvalue weighted by Gasteiger charge is 2.66. The Morgan fingerprint density at radius 1 is 0.958 bits per heavy atom. The first-order chi connectivity index (χ1) is 10.9. The van der Waals surface area contributed by atoms with Crippen LogP contribution in [-0.2, 0) is 9.59 Å². The Morgan fingerprint density at radius 2 is 1.50 bits per heavy atom. The molecule has 4 rings (SSSR count). The maximum absolute atomic E-state index is 13.1. The van der Waals surface area contributed by atoms with Gasteiger partial charge in [0.05, 0.1) is 0 Å². The van der Waals surface area contributed by atoms with E-state index in [4.69, 9.17) is 0 Å². The van der Waals surface area contributed by atoms with Gasteiger partial charge in [0.1, 0.15) is 11.2 Å². The molecule has 6 atom stereocenters. The Labute approximate surface area is 143 Å². The monoisotopic (exact) mass is 332 g/mol. The standard InChI is InChI=1S/C20H28O4/c1-9(2)11-7-13-17-15(16(11)18(22)19(13,5)23)12(10(3)4)8-14(21)20(17,6)24/h7-10,13,15-17,23-24H,1-6H3. The molecule has 1 fully saturated rings. The first-order valence-electron chi connectivity index (χ1n) is 8.88. The molecule has 0 radical (unpaired) electrons.